The van der Waals surface area contributed by atoms with Gasteiger partial charge in [-0.3, -0.25) is 0 Å². The molecule has 12 aromatic carbocycles. The number of rotatable bonds is 10. The van der Waals surface area contributed by atoms with E-state index in [4.69, 9.17) is 4.42 Å². The van der Waals surface area contributed by atoms with Gasteiger partial charge in [-0.2, -0.15) is 0 Å². The van der Waals surface area contributed by atoms with Crippen LogP contribution in [0.2, 0.25) is 0 Å². The average molecular weight is 907 g/mol. The lowest BCUT2D eigenvalue weighted by Gasteiger charge is -2.29. The topological polar surface area (TPSA) is 19.6 Å². The van der Waals surface area contributed by atoms with Crippen molar-refractivity contribution in [2.45, 2.75) is 0 Å². The van der Waals surface area contributed by atoms with Gasteiger partial charge in [-0.05, 0) is 133 Å². The molecule has 0 fully saturated rings. The molecule has 3 nitrogen and oxygen atoms in total. The Morgan fingerprint density at radius 2 is 0.746 bits per heavy atom. The van der Waals surface area contributed by atoms with Gasteiger partial charge in [0.2, 0.25) is 0 Å². The summed E-state index contributed by atoms with van der Waals surface area (Å²) in [6, 6.07) is 100. The zero-order valence-corrected chi connectivity index (χ0v) is 38.9. The molecular weight excluding hydrogens is 861 g/mol. The fraction of sp³-hybridized carbons (Fsp3) is 0. The molecule has 0 aliphatic carbocycles. The molecule has 0 saturated carbocycles. The molecule has 13 aromatic rings. The number of nitrogens with zero attached hydrogens (tertiary/aromatic N) is 2. The predicted molar refractivity (Wildman–Crippen MR) is 300 cm³/mol. The quantitative estimate of drug-likeness (QED) is 0.136. The Morgan fingerprint density at radius 1 is 0.239 bits per heavy atom. The van der Waals surface area contributed by atoms with Crippen molar-refractivity contribution >= 4 is 77.6 Å². The van der Waals surface area contributed by atoms with E-state index in [9.17, 15) is 0 Å². The molecule has 334 valence electrons. The third kappa shape index (κ3) is 7.76. The minimum Gasteiger partial charge on any atom is -0.454 e. The van der Waals surface area contributed by atoms with Crippen molar-refractivity contribution < 1.29 is 4.42 Å². The highest BCUT2D eigenvalue weighted by molar-refractivity contribution is 6.11. The van der Waals surface area contributed by atoms with Gasteiger partial charge in [0.15, 0.2) is 5.58 Å². The molecule has 0 aliphatic heterocycles. The van der Waals surface area contributed by atoms with Crippen molar-refractivity contribution in [3.63, 3.8) is 0 Å². The zero-order chi connectivity index (χ0) is 47.1. The Labute approximate surface area is 413 Å². The number of hydrogen-bond donors (Lipinski definition) is 0. The van der Waals surface area contributed by atoms with E-state index < -0.39 is 0 Å². The average Bonchev–Trinajstić information content (AvgIpc) is 3.83. The van der Waals surface area contributed by atoms with Crippen LogP contribution in [0.3, 0.4) is 0 Å². The first kappa shape index (κ1) is 41.7. The smallest absolute Gasteiger partial charge is 0.159 e. The van der Waals surface area contributed by atoms with E-state index in [1.54, 1.807) is 0 Å². The highest BCUT2D eigenvalue weighted by atomic mass is 16.3. The number of furan rings is 1. The molecule has 71 heavy (non-hydrogen) atoms. The van der Waals surface area contributed by atoms with Crippen LogP contribution in [0.25, 0.3) is 88.0 Å². The molecule has 0 unspecified atom stereocenters. The van der Waals surface area contributed by atoms with Crippen molar-refractivity contribution in [1.82, 2.24) is 0 Å². The lowest BCUT2D eigenvalue weighted by Crippen LogP contribution is -2.12. The van der Waals surface area contributed by atoms with Gasteiger partial charge in [0.1, 0.15) is 5.58 Å². The van der Waals surface area contributed by atoms with Crippen molar-refractivity contribution in [2.75, 3.05) is 9.80 Å². The number of benzene rings is 12. The second-order valence-corrected chi connectivity index (χ2v) is 18.1. The first-order valence-electron chi connectivity index (χ1n) is 24.2. The minimum atomic E-state index is 0.840. The van der Waals surface area contributed by atoms with Crippen LogP contribution in [0, 0.1) is 0 Å². The van der Waals surface area contributed by atoms with Crippen molar-refractivity contribution in [2.24, 2.45) is 0 Å². The molecular formula is C68H46N2O. The summed E-state index contributed by atoms with van der Waals surface area (Å²) in [6.07, 6.45) is 0. The Hall–Kier alpha value is -9.44. The number of hydrogen-bond acceptors (Lipinski definition) is 3. The second kappa shape index (κ2) is 17.9. The summed E-state index contributed by atoms with van der Waals surface area (Å²) in [4.78, 5) is 4.74. The molecule has 13 rings (SSSR count). The molecule has 0 aliphatic rings. The maximum Gasteiger partial charge on any atom is 0.159 e. The predicted octanol–water partition coefficient (Wildman–Crippen LogP) is 19.5. The normalized spacial score (nSPS) is 11.4. The van der Waals surface area contributed by atoms with Crippen LogP contribution >= 0.6 is 0 Å². The number of anilines is 6. The summed E-state index contributed by atoms with van der Waals surface area (Å²) in [5.41, 5.74) is 17.1. The monoisotopic (exact) mass is 906 g/mol. The first-order chi connectivity index (χ1) is 35.2. The molecule has 1 aromatic heterocycles. The summed E-state index contributed by atoms with van der Waals surface area (Å²) in [7, 11) is 0. The summed E-state index contributed by atoms with van der Waals surface area (Å²) in [5.74, 6) is 0. The van der Waals surface area contributed by atoms with E-state index in [0.29, 0.717) is 0 Å². The Bertz CT molecular complexity index is 4050. The van der Waals surface area contributed by atoms with Crippen molar-refractivity contribution in [3.8, 4) is 44.5 Å². The lowest BCUT2D eigenvalue weighted by molar-refractivity contribution is 0.669. The van der Waals surface area contributed by atoms with Gasteiger partial charge in [0.05, 0.1) is 11.4 Å². The van der Waals surface area contributed by atoms with Crippen LogP contribution in [0.15, 0.2) is 283 Å². The molecule has 0 amide bonds. The molecule has 0 saturated heterocycles. The van der Waals surface area contributed by atoms with Crippen LogP contribution < -0.4 is 9.80 Å². The van der Waals surface area contributed by atoms with E-state index in [1.165, 1.54) is 43.8 Å². The standard InChI is InChI=1S/C68H46N2O/c1-2-16-47(17-3-1)53-22-12-25-59(45-53)70(66-32-15-30-64-63-28-9-11-33-67(63)71-68(64)66)65-31-10-8-27-62(65)55-23-13-24-58(46-55)69(56-40-36-49(37-41-56)54-35-34-48-18-4-5-20-52(48)44-54)57-42-38-51(39-43-57)61-29-14-21-50-19-6-7-26-60(50)61/h1-46H. The van der Waals surface area contributed by atoms with Crippen molar-refractivity contribution in [3.05, 3.63) is 279 Å². The van der Waals surface area contributed by atoms with Crippen LogP contribution in [0.4, 0.5) is 34.1 Å². The van der Waals surface area contributed by atoms with Crippen LogP contribution in [-0.4, -0.2) is 0 Å². The van der Waals surface area contributed by atoms with Crippen LogP contribution in [0.1, 0.15) is 0 Å². The summed E-state index contributed by atoms with van der Waals surface area (Å²) < 4.78 is 6.78. The minimum absolute atomic E-state index is 0.840. The van der Waals surface area contributed by atoms with Gasteiger partial charge in [0, 0.05) is 39.1 Å². The molecule has 0 spiro atoms. The third-order valence-electron chi connectivity index (χ3n) is 13.8. The number of para-hydroxylation sites is 3. The first-order valence-corrected chi connectivity index (χ1v) is 24.2. The Balaban J connectivity index is 0.955. The van der Waals surface area contributed by atoms with Gasteiger partial charge in [-0.1, -0.05) is 206 Å². The molecule has 0 N–H and O–H groups in total. The largest absolute Gasteiger partial charge is 0.454 e. The lowest BCUT2D eigenvalue weighted by atomic mass is 9.97. The third-order valence-corrected chi connectivity index (χ3v) is 13.8. The van der Waals surface area contributed by atoms with E-state index in [2.05, 4.69) is 283 Å². The zero-order valence-electron chi connectivity index (χ0n) is 38.9. The van der Waals surface area contributed by atoms with Gasteiger partial charge in [-0.15, -0.1) is 0 Å². The van der Waals surface area contributed by atoms with Gasteiger partial charge < -0.3 is 14.2 Å². The summed E-state index contributed by atoms with van der Waals surface area (Å²) >= 11 is 0. The highest BCUT2D eigenvalue weighted by Gasteiger charge is 2.23. The maximum absolute atomic E-state index is 6.78. The fourth-order valence-electron chi connectivity index (χ4n) is 10.4. The fourth-order valence-corrected chi connectivity index (χ4v) is 10.4. The SMILES string of the molecule is c1ccc(-c2cccc(N(c3ccccc3-c3cccc(N(c4ccc(-c5ccc6ccccc6c5)cc4)c4ccc(-c5cccc6ccccc56)cc4)c3)c3cccc4c3oc3ccccc34)c2)cc1. The summed E-state index contributed by atoms with van der Waals surface area (Å²) in [6.45, 7) is 0. The van der Waals surface area contributed by atoms with E-state index in [-0.39, 0.29) is 0 Å². The van der Waals surface area contributed by atoms with Crippen LogP contribution in [0.5, 0.6) is 0 Å². The van der Waals surface area contributed by atoms with E-state index in [0.717, 1.165) is 78.3 Å². The van der Waals surface area contributed by atoms with Gasteiger partial charge >= 0.3 is 0 Å². The Kier molecular flexibility index (Phi) is 10.5. The van der Waals surface area contributed by atoms with Crippen molar-refractivity contribution in [1.29, 1.82) is 0 Å². The summed E-state index contributed by atoms with van der Waals surface area (Å²) in [5, 5.41) is 7.12. The maximum atomic E-state index is 6.78. The van der Waals surface area contributed by atoms with E-state index >= 15 is 0 Å². The van der Waals surface area contributed by atoms with Gasteiger partial charge in [-0.25, -0.2) is 0 Å². The molecule has 3 heteroatoms. The van der Waals surface area contributed by atoms with Gasteiger partial charge in [0.25, 0.3) is 0 Å². The van der Waals surface area contributed by atoms with E-state index in [1.807, 2.05) is 6.07 Å². The second-order valence-electron chi connectivity index (χ2n) is 18.1. The molecule has 0 radical (unpaired) electrons. The van der Waals surface area contributed by atoms with Crippen LogP contribution in [-0.2, 0) is 0 Å². The Morgan fingerprint density at radius 3 is 1.56 bits per heavy atom. The highest BCUT2D eigenvalue weighted by Crippen LogP contribution is 2.47. The number of fused-ring (bicyclic) bond motifs is 5. The molecule has 0 atom stereocenters. The molecule has 1 heterocycles. The molecule has 0 bridgehead atoms.